The normalized spacial score (nSPS) is 11.8. The van der Waals surface area contributed by atoms with Crippen LogP contribution in [0.4, 0.5) is 0 Å². The molecule has 0 saturated carbocycles. The van der Waals surface area contributed by atoms with Crippen molar-refractivity contribution in [1.82, 2.24) is 18.7 Å². The number of aryl methyl sites for hydroxylation is 2. The van der Waals surface area contributed by atoms with Crippen molar-refractivity contribution < 1.29 is 0 Å². The smallest absolute Gasteiger partial charge is 0.322 e. The van der Waals surface area contributed by atoms with E-state index in [9.17, 15) is 9.59 Å². The van der Waals surface area contributed by atoms with E-state index >= 15 is 0 Å². The molecule has 138 valence electrons. The average Bonchev–Trinajstić information content (AvgIpc) is 2.98. The van der Waals surface area contributed by atoms with Gasteiger partial charge in [0.05, 0.1) is 12.0 Å². The summed E-state index contributed by atoms with van der Waals surface area (Å²) in [7, 11) is 0. The second-order valence-corrected chi connectivity index (χ2v) is 7.64. The molecule has 26 heavy (non-hydrogen) atoms. The van der Waals surface area contributed by atoms with Gasteiger partial charge in [-0.3, -0.25) is 9.36 Å². The number of hydrogen-bond acceptors (Lipinski definition) is 3. The first kappa shape index (κ1) is 18.2. The largest absolute Gasteiger partial charge is 0.337 e. The predicted octanol–water partition coefficient (Wildman–Crippen LogP) is 3.20. The first-order valence-electron chi connectivity index (χ1n) is 9.02. The lowest BCUT2D eigenvalue weighted by Crippen LogP contribution is -2.41. The fraction of sp³-hybridized carbons (Fsp3) is 0.450. The first-order valence-corrected chi connectivity index (χ1v) is 9.02. The highest BCUT2D eigenvalue weighted by Crippen LogP contribution is 2.20. The van der Waals surface area contributed by atoms with Gasteiger partial charge in [0.15, 0.2) is 11.2 Å². The van der Waals surface area contributed by atoms with Crippen LogP contribution in [-0.2, 0) is 6.54 Å². The van der Waals surface area contributed by atoms with Crippen LogP contribution in [0.2, 0.25) is 0 Å². The van der Waals surface area contributed by atoms with E-state index in [1.807, 2.05) is 64.3 Å². The number of aromatic nitrogens is 4. The molecule has 3 aromatic rings. The lowest BCUT2D eigenvalue weighted by molar-refractivity contribution is 0.487. The van der Waals surface area contributed by atoms with Gasteiger partial charge in [-0.1, -0.05) is 31.5 Å². The van der Waals surface area contributed by atoms with Gasteiger partial charge in [0.25, 0.3) is 5.56 Å². The van der Waals surface area contributed by atoms with E-state index in [0.717, 1.165) is 16.8 Å². The van der Waals surface area contributed by atoms with Crippen molar-refractivity contribution in [3.05, 3.63) is 56.5 Å². The molecule has 1 aromatic carbocycles. The highest BCUT2D eigenvalue weighted by molar-refractivity contribution is 5.73. The summed E-state index contributed by atoms with van der Waals surface area (Å²) >= 11 is 0. The summed E-state index contributed by atoms with van der Waals surface area (Å²) in [6.45, 7) is 12.4. The molecule has 6 heteroatoms. The second kappa shape index (κ2) is 6.59. The van der Waals surface area contributed by atoms with E-state index in [1.165, 1.54) is 4.57 Å². The van der Waals surface area contributed by atoms with Crippen molar-refractivity contribution in [3.8, 4) is 5.69 Å². The molecule has 0 fully saturated rings. The Morgan fingerprint density at radius 1 is 1.08 bits per heavy atom. The van der Waals surface area contributed by atoms with Gasteiger partial charge in [-0.2, -0.15) is 0 Å². The maximum absolute atomic E-state index is 13.2. The van der Waals surface area contributed by atoms with Gasteiger partial charge in [-0.25, -0.2) is 14.3 Å². The zero-order chi connectivity index (χ0) is 19.2. The average molecular weight is 354 g/mol. The van der Waals surface area contributed by atoms with E-state index in [4.69, 9.17) is 0 Å². The molecule has 2 heterocycles. The van der Waals surface area contributed by atoms with Crippen LogP contribution in [0.5, 0.6) is 0 Å². The summed E-state index contributed by atoms with van der Waals surface area (Å²) in [4.78, 5) is 30.7. The summed E-state index contributed by atoms with van der Waals surface area (Å²) in [6, 6.07) is 6.00. The molecule has 6 nitrogen and oxygen atoms in total. The van der Waals surface area contributed by atoms with Crippen molar-refractivity contribution in [2.75, 3.05) is 0 Å². The van der Waals surface area contributed by atoms with Gasteiger partial charge in [-0.05, 0) is 45.2 Å². The highest BCUT2D eigenvalue weighted by Gasteiger charge is 2.21. The van der Waals surface area contributed by atoms with Crippen molar-refractivity contribution in [1.29, 1.82) is 0 Å². The Balaban J connectivity index is 2.49. The monoisotopic (exact) mass is 354 g/mol. The Bertz CT molecular complexity index is 1080. The van der Waals surface area contributed by atoms with Crippen LogP contribution in [0.1, 0.15) is 44.9 Å². The summed E-state index contributed by atoms with van der Waals surface area (Å²) in [6.07, 6.45) is 1.65. The molecule has 0 radical (unpaired) electrons. The van der Waals surface area contributed by atoms with Crippen LogP contribution in [0.3, 0.4) is 0 Å². The maximum Gasteiger partial charge on any atom is 0.337 e. The van der Waals surface area contributed by atoms with Crippen LogP contribution in [0.25, 0.3) is 16.9 Å². The van der Waals surface area contributed by atoms with Crippen LogP contribution >= 0.6 is 0 Å². The van der Waals surface area contributed by atoms with Gasteiger partial charge in [0, 0.05) is 12.6 Å². The molecule has 0 saturated heterocycles. The van der Waals surface area contributed by atoms with E-state index in [2.05, 4.69) is 4.98 Å². The molecular weight excluding hydrogens is 328 g/mol. The molecule has 0 aliphatic rings. The fourth-order valence-electron chi connectivity index (χ4n) is 3.34. The molecule has 0 bridgehead atoms. The fourth-order valence-corrected chi connectivity index (χ4v) is 3.34. The third-order valence-corrected chi connectivity index (χ3v) is 4.55. The number of rotatable bonds is 4. The quantitative estimate of drug-likeness (QED) is 0.723. The first-order chi connectivity index (χ1) is 12.2. The summed E-state index contributed by atoms with van der Waals surface area (Å²) < 4.78 is 4.76. The van der Waals surface area contributed by atoms with Gasteiger partial charge in [-0.15, -0.1) is 0 Å². The SMILES string of the molecule is Cc1ccc(-n2c(=O)n(CC(C)C)c(=O)c3c2ncn3C(C)C)c(C)c1. The topological polar surface area (TPSA) is 61.8 Å². The minimum absolute atomic E-state index is 0.0743. The van der Waals surface area contributed by atoms with E-state index in [0.29, 0.717) is 17.7 Å². The summed E-state index contributed by atoms with van der Waals surface area (Å²) in [5.74, 6) is 0.181. The number of benzene rings is 1. The Morgan fingerprint density at radius 2 is 1.77 bits per heavy atom. The Kier molecular flexibility index (Phi) is 4.61. The molecule has 0 aliphatic carbocycles. The van der Waals surface area contributed by atoms with Gasteiger partial charge < -0.3 is 4.57 Å². The number of fused-ring (bicyclic) bond motifs is 1. The molecule has 0 unspecified atom stereocenters. The second-order valence-electron chi connectivity index (χ2n) is 7.64. The van der Waals surface area contributed by atoms with E-state index < -0.39 is 0 Å². The zero-order valence-electron chi connectivity index (χ0n) is 16.3. The van der Waals surface area contributed by atoms with Crippen LogP contribution in [-0.4, -0.2) is 18.7 Å². The lowest BCUT2D eigenvalue weighted by Gasteiger charge is -2.16. The van der Waals surface area contributed by atoms with Crippen molar-refractivity contribution >= 4 is 11.2 Å². The molecule has 0 amide bonds. The molecule has 0 aliphatic heterocycles. The maximum atomic E-state index is 13.2. The van der Waals surface area contributed by atoms with Crippen LogP contribution in [0.15, 0.2) is 34.1 Å². The van der Waals surface area contributed by atoms with Gasteiger partial charge >= 0.3 is 5.69 Å². The Hall–Kier alpha value is -2.63. The molecular formula is C20H26N4O2. The zero-order valence-corrected chi connectivity index (χ0v) is 16.3. The minimum Gasteiger partial charge on any atom is -0.322 e. The third-order valence-electron chi connectivity index (χ3n) is 4.55. The molecule has 3 rings (SSSR count). The number of hydrogen-bond donors (Lipinski definition) is 0. The highest BCUT2D eigenvalue weighted by atomic mass is 16.2. The van der Waals surface area contributed by atoms with Crippen molar-refractivity contribution in [2.24, 2.45) is 5.92 Å². The Labute approximate surface area is 152 Å². The number of nitrogens with zero attached hydrogens (tertiary/aromatic N) is 4. The number of imidazole rings is 1. The lowest BCUT2D eigenvalue weighted by atomic mass is 10.1. The van der Waals surface area contributed by atoms with E-state index in [-0.39, 0.29) is 23.2 Å². The third kappa shape index (κ3) is 2.89. The molecule has 0 spiro atoms. The summed E-state index contributed by atoms with van der Waals surface area (Å²) in [5.41, 5.74) is 3.14. The van der Waals surface area contributed by atoms with Crippen LogP contribution < -0.4 is 11.2 Å². The molecule has 0 atom stereocenters. The molecule has 0 N–H and O–H groups in total. The minimum atomic E-state index is -0.336. The van der Waals surface area contributed by atoms with Gasteiger partial charge in [0.2, 0.25) is 0 Å². The van der Waals surface area contributed by atoms with E-state index in [1.54, 1.807) is 10.9 Å². The van der Waals surface area contributed by atoms with Gasteiger partial charge in [0.1, 0.15) is 0 Å². The standard InChI is InChI=1S/C20H26N4O2/c1-12(2)10-22-19(25)17-18(21-11-23(17)13(3)4)24(20(22)26)16-8-7-14(5)9-15(16)6/h7-9,11-13H,10H2,1-6H3. The summed E-state index contributed by atoms with van der Waals surface area (Å²) in [5, 5.41) is 0. The molecule has 2 aromatic heterocycles. The van der Waals surface area contributed by atoms with Crippen LogP contribution in [0, 0.1) is 19.8 Å². The Morgan fingerprint density at radius 3 is 2.35 bits per heavy atom. The van der Waals surface area contributed by atoms with Crippen molar-refractivity contribution in [2.45, 2.75) is 54.1 Å². The predicted molar refractivity (Wildman–Crippen MR) is 104 cm³/mol. The van der Waals surface area contributed by atoms with Crippen molar-refractivity contribution in [3.63, 3.8) is 0 Å².